The molecule has 0 radical (unpaired) electrons. The molecule has 0 aliphatic rings. The van der Waals surface area contributed by atoms with Gasteiger partial charge in [0.1, 0.15) is 0 Å². The van der Waals surface area contributed by atoms with Crippen LogP contribution in [-0.2, 0) is 6.42 Å². The second-order valence-electron chi connectivity index (χ2n) is 8.58. The molecule has 162 valence electrons. The van der Waals surface area contributed by atoms with E-state index >= 15 is 0 Å². The third kappa shape index (κ3) is 13.9. The summed E-state index contributed by atoms with van der Waals surface area (Å²) in [6.07, 6.45) is 26.1. The van der Waals surface area contributed by atoms with E-state index in [1.54, 1.807) is 12.1 Å². The van der Waals surface area contributed by atoms with Crippen molar-refractivity contribution in [1.82, 2.24) is 0 Å². The molecular formula is C26H46O2. The third-order valence-electron chi connectivity index (χ3n) is 5.86. The van der Waals surface area contributed by atoms with E-state index in [9.17, 15) is 10.2 Å². The second kappa shape index (κ2) is 17.9. The van der Waals surface area contributed by atoms with Crippen molar-refractivity contribution in [1.29, 1.82) is 0 Å². The number of unbranched alkanes of at least 4 members (excludes halogenated alkanes) is 17. The number of rotatable bonds is 19. The van der Waals surface area contributed by atoms with Gasteiger partial charge < -0.3 is 10.2 Å². The minimum atomic E-state index is -0.0263. The molecule has 0 saturated heterocycles. The van der Waals surface area contributed by atoms with Gasteiger partial charge in [-0.1, -0.05) is 122 Å². The van der Waals surface area contributed by atoms with E-state index in [0.29, 0.717) is 0 Å². The number of phenols is 2. The molecule has 0 spiro atoms. The molecule has 0 unspecified atom stereocenters. The maximum atomic E-state index is 9.50. The lowest BCUT2D eigenvalue weighted by atomic mass is 10.0. The van der Waals surface area contributed by atoms with Crippen LogP contribution in [0.5, 0.6) is 11.5 Å². The first-order valence-corrected chi connectivity index (χ1v) is 12.2. The zero-order valence-corrected chi connectivity index (χ0v) is 18.6. The van der Waals surface area contributed by atoms with Gasteiger partial charge in [-0.3, -0.25) is 0 Å². The van der Waals surface area contributed by atoms with Crippen LogP contribution in [0, 0.1) is 0 Å². The maximum absolute atomic E-state index is 9.50. The lowest BCUT2D eigenvalue weighted by Crippen LogP contribution is -1.87. The monoisotopic (exact) mass is 390 g/mol. The predicted octanol–water partition coefficient (Wildman–Crippen LogP) is 8.68. The summed E-state index contributed by atoms with van der Waals surface area (Å²) in [6, 6.07) is 5.17. The normalized spacial score (nSPS) is 11.2. The number of aromatic hydroxyl groups is 2. The summed E-state index contributed by atoms with van der Waals surface area (Å²) in [5.41, 5.74) is 1.12. The topological polar surface area (TPSA) is 40.5 Å². The fourth-order valence-corrected chi connectivity index (χ4v) is 3.96. The molecule has 0 aliphatic heterocycles. The Morgan fingerprint density at radius 3 is 1.29 bits per heavy atom. The molecule has 0 aromatic heterocycles. The number of benzene rings is 1. The Hall–Kier alpha value is -1.18. The standard InChI is InChI=1S/C26H46O2/c1-2-3-4-5-6-7-8-9-10-11-12-13-14-15-16-17-18-19-20-24-21-22-25(27)26(28)23-24/h21-23,27-28H,2-20H2,1H3. The molecule has 2 heteroatoms. The van der Waals surface area contributed by atoms with Crippen LogP contribution in [0.3, 0.4) is 0 Å². The molecule has 0 saturated carbocycles. The van der Waals surface area contributed by atoms with E-state index in [1.807, 2.05) is 6.07 Å². The predicted molar refractivity (Wildman–Crippen MR) is 122 cm³/mol. The van der Waals surface area contributed by atoms with Crippen LogP contribution in [0.25, 0.3) is 0 Å². The Labute approximate surface area is 174 Å². The lowest BCUT2D eigenvalue weighted by Gasteiger charge is -2.05. The van der Waals surface area contributed by atoms with Crippen LogP contribution in [-0.4, -0.2) is 10.2 Å². The van der Waals surface area contributed by atoms with E-state index < -0.39 is 0 Å². The molecule has 0 bridgehead atoms. The van der Waals surface area contributed by atoms with Crippen LogP contribution in [0.4, 0.5) is 0 Å². The van der Waals surface area contributed by atoms with Gasteiger partial charge in [0.15, 0.2) is 11.5 Å². The van der Waals surface area contributed by atoms with Gasteiger partial charge in [-0.25, -0.2) is 0 Å². The molecule has 28 heavy (non-hydrogen) atoms. The zero-order chi connectivity index (χ0) is 20.3. The van der Waals surface area contributed by atoms with Gasteiger partial charge in [-0.05, 0) is 30.5 Å². The average molecular weight is 391 g/mol. The molecule has 1 rings (SSSR count). The summed E-state index contributed by atoms with van der Waals surface area (Å²) in [4.78, 5) is 0. The summed E-state index contributed by atoms with van der Waals surface area (Å²) in [5, 5.41) is 18.8. The highest BCUT2D eigenvalue weighted by Gasteiger charge is 2.00. The Balaban J connectivity index is 1.75. The van der Waals surface area contributed by atoms with Gasteiger partial charge in [0.2, 0.25) is 0 Å². The quantitative estimate of drug-likeness (QED) is 0.183. The Morgan fingerprint density at radius 1 is 0.500 bits per heavy atom. The van der Waals surface area contributed by atoms with E-state index in [1.165, 1.54) is 116 Å². The van der Waals surface area contributed by atoms with Gasteiger partial charge in [-0.2, -0.15) is 0 Å². The molecule has 0 heterocycles. The maximum Gasteiger partial charge on any atom is 0.157 e. The molecule has 0 fully saturated rings. The van der Waals surface area contributed by atoms with E-state index in [4.69, 9.17) is 0 Å². The average Bonchev–Trinajstić information content (AvgIpc) is 2.69. The van der Waals surface area contributed by atoms with Crippen molar-refractivity contribution >= 4 is 0 Å². The Morgan fingerprint density at radius 2 is 0.893 bits per heavy atom. The van der Waals surface area contributed by atoms with E-state index in [0.717, 1.165) is 12.0 Å². The van der Waals surface area contributed by atoms with Gasteiger partial charge in [-0.15, -0.1) is 0 Å². The third-order valence-corrected chi connectivity index (χ3v) is 5.86. The summed E-state index contributed by atoms with van der Waals surface area (Å²) in [5.74, 6) is -0.0264. The fourth-order valence-electron chi connectivity index (χ4n) is 3.96. The van der Waals surface area contributed by atoms with Crippen LogP contribution in [0.1, 0.15) is 128 Å². The largest absolute Gasteiger partial charge is 0.504 e. The van der Waals surface area contributed by atoms with Crippen LogP contribution < -0.4 is 0 Å². The van der Waals surface area contributed by atoms with Crippen molar-refractivity contribution in [3.8, 4) is 11.5 Å². The second-order valence-corrected chi connectivity index (χ2v) is 8.58. The van der Waals surface area contributed by atoms with Crippen LogP contribution in [0.15, 0.2) is 18.2 Å². The zero-order valence-electron chi connectivity index (χ0n) is 18.6. The fraction of sp³-hybridized carbons (Fsp3) is 0.769. The number of aryl methyl sites for hydroxylation is 1. The first-order valence-electron chi connectivity index (χ1n) is 12.2. The van der Waals surface area contributed by atoms with E-state index in [2.05, 4.69) is 6.92 Å². The van der Waals surface area contributed by atoms with Gasteiger partial charge in [0.05, 0.1) is 0 Å². The van der Waals surface area contributed by atoms with Gasteiger partial charge in [0, 0.05) is 0 Å². The number of hydrogen-bond acceptors (Lipinski definition) is 2. The van der Waals surface area contributed by atoms with Crippen molar-refractivity contribution < 1.29 is 10.2 Å². The van der Waals surface area contributed by atoms with Crippen molar-refractivity contribution in [2.24, 2.45) is 0 Å². The molecule has 0 atom stereocenters. The highest BCUT2D eigenvalue weighted by atomic mass is 16.3. The summed E-state index contributed by atoms with van der Waals surface area (Å²) in [7, 11) is 0. The Kier molecular flexibility index (Phi) is 15.9. The molecule has 2 nitrogen and oxygen atoms in total. The smallest absolute Gasteiger partial charge is 0.157 e. The van der Waals surface area contributed by atoms with Crippen LogP contribution >= 0.6 is 0 Å². The SMILES string of the molecule is CCCCCCCCCCCCCCCCCCCCc1ccc(O)c(O)c1. The van der Waals surface area contributed by atoms with Crippen molar-refractivity contribution in [2.45, 2.75) is 129 Å². The molecule has 2 N–H and O–H groups in total. The molecule has 0 amide bonds. The first-order chi connectivity index (χ1) is 13.7. The summed E-state index contributed by atoms with van der Waals surface area (Å²) in [6.45, 7) is 2.29. The molecule has 0 aliphatic carbocycles. The Bertz CT molecular complexity index is 470. The van der Waals surface area contributed by atoms with Gasteiger partial charge in [0.25, 0.3) is 0 Å². The molecular weight excluding hydrogens is 344 g/mol. The van der Waals surface area contributed by atoms with Crippen molar-refractivity contribution in [3.63, 3.8) is 0 Å². The first kappa shape index (κ1) is 24.9. The minimum Gasteiger partial charge on any atom is -0.504 e. The highest BCUT2D eigenvalue weighted by molar-refractivity contribution is 5.40. The number of hydrogen-bond donors (Lipinski definition) is 2. The number of phenolic OH excluding ortho intramolecular Hbond substituents is 2. The lowest BCUT2D eigenvalue weighted by molar-refractivity contribution is 0.403. The van der Waals surface area contributed by atoms with Crippen LogP contribution in [0.2, 0.25) is 0 Å². The van der Waals surface area contributed by atoms with E-state index in [-0.39, 0.29) is 11.5 Å². The highest BCUT2D eigenvalue weighted by Crippen LogP contribution is 2.25. The van der Waals surface area contributed by atoms with Crippen molar-refractivity contribution in [3.05, 3.63) is 23.8 Å². The summed E-state index contributed by atoms with van der Waals surface area (Å²) >= 11 is 0. The summed E-state index contributed by atoms with van der Waals surface area (Å²) < 4.78 is 0. The minimum absolute atomic E-state index is 0.0000843. The molecule has 1 aromatic rings. The molecule has 1 aromatic carbocycles. The van der Waals surface area contributed by atoms with Gasteiger partial charge >= 0.3 is 0 Å². The van der Waals surface area contributed by atoms with Crippen molar-refractivity contribution in [2.75, 3.05) is 0 Å².